The highest BCUT2D eigenvalue weighted by Gasteiger charge is 2.27. The number of halogens is 2. The van der Waals surface area contributed by atoms with Gasteiger partial charge in [0.2, 0.25) is 0 Å². The number of nitrogens with two attached hydrogens (primary N) is 1. The van der Waals surface area contributed by atoms with E-state index in [-0.39, 0.29) is 17.7 Å². The number of nitrogens with zero attached hydrogens (tertiary/aromatic N) is 9. The third-order valence-corrected chi connectivity index (χ3v) is 10.0. The first-order valence-corrected chi connectivity index (χ1v) is 18.2. The van der Waals surface area contributed by atoms with Crippen LogP contribution < -0.4 is 15.2 Å². The summed E-state index contributed by atoms with van der Waals surface area (Å²) >= 11 is 0. The van der Waals surface area contributed by atoms with Crippen molar-refractivity contribution in [2.45, 2.75) is 50.6 Å². The van der Waals surface area contributed by atoms with Gasteiger partial charge in [-0.2, -0.15) is 10.2 Å². The number of aromatic nitrogens is 8. The number of benzene rings is 2. The molecule has 0 amide bonds. The Labute approximate surface area is 313 Å². The largest absolute Gasteiger partial charge is 0.489 e. The van der Waals surface area contributed by atoms with Crippen LogP contribution in [0.2, 0.25) is 0 Å². The Balaban J connectivity index is 0.000000167. The van der Waals surface area contributed by atoms with E-state index in [2.05, 4.69) is 49.1 Å². The van der Waals surface area contributed by atoms with Crippen molar-refractivity contribution in [2.24, 2.45) is 17.6 Å². The number of para-hydroxylation sites is 2. The van der Waals surface area contributed by atoms with Gasteiger partial charge in [0, 0.05) is 35.6 Å². The van der Waals surface area contributed by atoms with Crippen molar-refractivity contribution in [2.75, 3.05) is 27.3 Å². The average Bonchev–Trinajstić information content (AvgIpc) is 4.03. The molecule has 0 spiro atoms. The van der Waals surface area contributed by atoms with E-state index < -0.39 is 0 Å². The Kier molecular flexibility index (Phi) is 11.6. The minimum absolute atomic E-state index is 0.272. The number of hydrogen-bond donors (Lipinski definition) is 1. The maximum Gasteiger partial charge on any atom is 0.163 e. The molecule has 0 bridgehead atoms. The van der Waals surface area contributed by atoms with Crippen LogP contribution >= 0.6 is 0 Å². The second-order valence-corrected chi connectivity index (χ2v) is 14.1. The lowest BCUT2D eigenvalue weighted by Gasteiger charge is -2.19. The van der Waals surface area contributed by atoms with Crippen molar-refractivity contribution in [3.63, 3.8) is 0 Å². The summed E-state index contributed by atoms with van der Waals surface area (Å²) in [4.78, 5) is 19.2. The lowest BCUT2D eigenvalue weighted by atomic mass is 10.1. The summed E-state index contributed by atoms with van der Waals surface area (Å²) in [6.07, 6.45) is 19.7. The van der Waals surface area contributed by atoms with Gasteiger partial charge in [-0.05, 0) is 88.7 Å². The van der Waals surface area contributed by atoms with Gasteiger partial charge in [-0.15, -0.1) is 0 Å². The summed E-state index contributed by atoms with van der Waals surface area (Å²) in [7, 11) is 4.26. The van der Waals surface area contributed by atoms with E-state index in [4.69, 9.17) is 15.2 Å². The van der Waals surface area contributed by atoms with E-state index in [1.54, 1.807) is 73.6 Å². The molecule has 4 heterocycles. The molecule has 4 atom stereocenters. The van der Waals surface area contributed by atoms with Gasteiger partial charge in [-0.1, -0.05) is 24.3 Å². The van der Waals surface area contributed by atoms with Crippen LogP contribution in [0, 0.1) is 23.5 Å². The molecule has 14 heteroatoms. The maximum absolute atomic E-state index is 14.0. The monoisotopic (exact) mass is 734 g/mol. The predicted octanol–water partition coefficient (Wildman–Crippen LogP) is 6.55. The molecule has 2 aromatic carbocycles. The molecule has 54 heavy (non-hydrogen) atoms. The average molecular weight is 735 g/mol. The third kappa shape index (κ3) is 8.77. The fourth-order valence-electron chi connectivity index (χ4n) is 7.06. The summed E-state index contributed by atoms with van der Waals surface area (Å²) in [5.74, 6) is 1.55. The Bertz CT molecular complexity index is 2140. The van der Waals surface area contributed by atoms with Gasteiger partial charge >= 0.3 is 0 Å². The van der Waals surface area contributed by atoms with Gasteiger partial charge in [0.25, 0.3) is 0 Å². The van der Waals surface area contributed by atoms with Crippen LogP contribution in [0.4, 0.5) is 8.78 Å². The molecule has 2 fully saturated rings. The predicted molar refractivity (Wildman–Crippen MR) is 200 cm³/mol. The van der Waals surface area contributed by atoms with E-state index in [9.17, 15) is 8.78 Å². The van der Waals surface area contributed by atoms with E-state index >= 15 is 0 Å². The van der Waals surface area contributed by atoms with Crippen molar-refractivity contribution < 1.29 is 18.3 Å². The Morgan fingerprint density at radius 2 is 1.19 bits per heavy atom. The van der Waals surface area contributed by atoms with E-state index in [1.807, 2.05) is 0 Å². The van der Waals surface area contributed by atoms with Gasteiger partial charge in [0.15, 0.2) is 11.5 Å². The second kappa shape index (κ2) is 17.0. The second-order valence-electron chi connectivity index (χ2n) is 14.1. The molecule has 6 aromatic rings. The first-order chi connectivity index (χ1) is 26.3. The van der Waals surface area contributed by atoms with Gasteiger partial charge in [0.05, 0.1) is 38.0 Å². The van der Waals surface area contributed by atoms with Crippen molar-refractivity contribution in [1.29, 1.82) is 0 Å². The molecule has 0 unspecified atom stereocenters. The molecule has 4 aromatic heterocycles. The quantitative estimate of drug-likeness (QED) is 0.156. The zero-order chi connectivity index (χ0) is 37.4. The van der Waals surface area contributed by atoms with Crippen LogP contribution in [-0.4, -0.2) is 83.8 Å². The molecule has 0 saturated heterocycles. The highest BCUT2D eigenvalue weighted by atomic mass is 19.1. The van der Waals surface area contributed by atoms with Crippen molar-refractivity contribution in [3.8, 4) is 45.4 Å². The Morgan fingerprint density at radius 3 is 1.65 bits per heavy atom. The summed E-state index contributed by atoms with van der Waals surface area (Å²) in [6, 6.07) is 13.9. The highest BCUT2D eigenvalue weighted by molar-refractivity contribution is 5.65. The molecule has 0 radical (unpaired) electrons. The van der Waals surface area contributed by atoms with Crippen LogP contribution in [0.3, 0.4) is 0 Å². The molecule has 2 N–H and O–H groups in total. The van der Waals surface area contributed by atoms with Gasteiger partial charge < -0.3 is 20.1 Å². The molecule has 8 rings (SSSR count). The smallest absolute Gasteiger partial charge is 0.163 e. The maximum atomic E-state index is 14.0. The topological polar surface area (TPSA) is 135 Å². The number of ether oxygens (including phenoxy) is 2. The minimum atomic E-state index is -0.334. The Morgan fingerprint density at radius 1 is 0.685 bits per heavy atom. The number of hydrogen-bond acceptors (Lipinski definition) is 10. The molecular weight excluding hydrogens is 691 g/mol. The first-order valence-electron chi connectivity index (χ1n) is 18.2. The fourth-order valence-corrected chi connectivity index (χ4v) is 7.06. The zero-order valence-electron chi connectivity index (χ0n) is 30.4. The molecule has 2 saturated carbocycles. The van der Waals surface area contributed by atoms with Gasteiger partial charge in [-0.25, -0.2) is 38.1 Å². The molecule has 0 aliphatic heterocycles. The summed E-state index contributed by atoms with van der Waals surface area (Å²) in [5.41, 5.74) is 9.56. The van der Waals surface area contributed by atoms with Crippen molar-refractivity contribution >= 4 is 0 Å². The standard InChI is InChI=1S/C21H24FN5O.C19H20FN5O/c1-26(2)17-8-7-15(9-17)13-28-20-11-23-14-24-21(20)16-10-25-27(12-16)19-6-4-3-5-18(19)22;20-16-3-1-2-4-17(16)25-10-14(8-24-25)19-18(9-22-12-23-19)26-11-13-5-6-15(21)7-13/h3-6,10-12,14-15,17H,7-9,13H2,1-2H3;1-4,8-10,12-13,15H,5-7,11,21H2/t15-,17+;13-,15+/m00/s1. The zero-order valence-corrected chi connectivity index (χ0v) is 30.4. The lowest BCUT2D eigenvalue weighted by molar-refractivity contribution is 0.234. The van der Waals surface area contributed by atoms with Crippen LogP contribution in [0.5, 0.6) is 11.5 Å². The normalized spacial score (nSPS) is 19.4. The fraction of sp³-hybridized carbons (Fsp3) is 0.350. The van der Waals surface area contributed by atoms with Gasteiger partial charge in [0.1, 0.15) is 47.1 Å². The van der Waals surface area contributed by atoms with Crippen LogP contribution in [0.15, 0.2) is 98.4 Å². The van der Waals surface area contributed by atoms with Crippen LogP contribution in [0.25, 0.3) is 33.9 Å². The number of rotatable bonds is 11. The van der Waals surface area contributed by atoms with E-state index in [1.165, 1.54) is 40.6 Å². The molecule has 280 valence electrons. The third-order valence-electron chi connectivity index (χ3n) is 10.0. The molecule has 2 aliphatic carbocycles. The van der Waals surface area contributed by atoms with Crippen LogP contribution in [-0.2, 0) is 0 Å². The van der Waals surface area contributed by atoms with Crippen molar-refractivity contribution in [3.05, 3.63) is 110 Å². The Hall–Kier alpha value is -5.60. The molecule has 12 nitrogen and oxygen atoms in total. The minimum Gasteiger partial charge on any atom is -0.489 e. The van der Waals surface area contributed by atoms with E-state index in [0.29, 0.717) is 65.4 Å². The SMILES string of the molecule is CN(C)[C@@H]1CC[C@H](COc2cncnc2-c2cnn(-c3ccccc3F)c2)C1.N[C@@H]1CC[C@H](COc2cncnc2-c2cnn(-c3ccccc3F)c2)C1. The molecular formula is C40H44F2N10O2. The van der Waals surface area contributed by atoms with Gasteiger partial charge in [-0.3, -0.25) is 0 Å². The van der Waals surface area contributed by atoms with E-state index in [0.717, 1.165) is 43.2 Å². The van der Waals surface area contributed by atoms with Crippen molar-refractivity contribution in [1.82, 2.24) is 44.4 Å². The molecule has 2 aliphatic rings. The highest BCUT2D eigenvalue weighted by Crippen LogP contribution is 2.33. The summed E-state index contributed by atoms with van der Waals surface area (Å²) < 4.78 is 43.1. The first kappa shape index (κ1) is 36.7. The summed E-state index contributed by atoms with van der Waals surface area (Å²) in [5, 5.41) is 8.54. The summed E-state index contributed by atoms with van der Waals surface area (Å²) in [6.45, 7) is 1.24. The van der Waals surface area contributed by atoms with Crippen LogP contribution in [0.1, 0.15) is 38.5 Å². The lowest BCUT2D eigenvalue weighted by Crippen LogP contribution is -2.25.